The van der Waals surface area contributed by atoms with E-state index in [-0.39, 0.29) is 18.4 Å². The van der Waals surface area contributed by atoms with Crippen LogP contribution in [0.25, 0.3) is 5.69 Å². The van der Waals surface area contributed by atoms with Crippen LogP contribution in [-0.4, -0.2) is 32.9 Å². The molecule has 1 aromatic carbocycles. The maximum Gasteiger partial charge on any atom is 0.220 e. The average Bonchev–Trinajstić information content (AvgIpc) is 3.07. The van der Waals surface area contributed by atoms with Crippen LogP contribution >= 0.6 is 0 Å². The van der Waals surface area contributed by atoms with Crippen LogP contribution in [-0.2, 0) is 11.2 Å². The molecule has 0 aliphatic heterocycles. The summed E-state index contributed by atoms with van der Waals surface area (Å²) >= 11 is 0. The third-order valence-electron chi connectivity index (χ3n) is 4.62. The van der Waals surface area contributed by atoms with Gasteiger partial charge in [-0.15, -0.1) is 0 Å². The minimum atomic E-state index is -0.872. The van der Waals surface area contributed by atoms with Gasteiger partial charge < -0.3 is 10.4 Å². The van der Waals surface area contributed by atoms with Crippen LogP contribution in [0.3, 0.4) is 0 Å². The normalized spacial score (nSPS) is 14.8. The van der Waals surface area contributed by atoms with Crippen molar-refractivity contribution in [1.82, 2.24) is 15.1 Å². The summed E-state index contributed by atoms with van der Waals surface area (Å²) in [6, 6.07) is 9.87. The Hall–Kier alpha value is -2.14. The Balaban J connectivity index is 1.81. The SMILES string of the molecule is CCC(C)C(C)(O)CNC(=O)CCc1cnn(-c2ccccc2)c1. The predicted octanol–water partition coefficient (Wildman–Crippen LogP) is 2.72. The van der Waals surface area contributed by atoms with Crippen molar-refractivity contribution in [2.24, 2.45) is 5.92 Å². The number of rotatable bonds is 8. The van der Waals surface area contributed by atoms with Gasteiger partial charge in [-0.1, -0.05) is 38.5 Å². The monoisotopic (exact) mass is 329 g/mol. The second-order valence-electron chi connectivity index (χ2n) is 6.57. The van der Waals surface area contributed by atoms with Gasteiger partial charge in [-0.2, -0.15) is 5.10 Å². The van der Waals surface area contributed by atoms with Gasteiger partial charge in [0.05, 0.1) is 17.5 Å². The Kier molecular flexibility index (Phi) is 6.15. The molecule has 0 radical (unpaired) electrons. The summed E-state index contributed by atoms with van der Waals surface area (Å²) in [6.07, 6.45) is 5.62. The smallest absolute Gasteiger partial charge is 0.220 e. The number of hydrogen-bond donors (Lipinski definition) is 2. The molecule has 1 amide bonds. The number of carbonyl (C=O) groups is 1. The first kappa shape index (κ1) is 18.2. The molecule has 5 heteroatoms. The number of aryl methyl sites for hydroxylation is 1. The fourth-order valence-electron chi connectivity index (χ4n) is 2.45. The number of aromatic nitrogens is 2. The van der Waals surface area contributed by atoms with Gasteiger partial charge >= 0.3 is 0 Å². The second-order valence-corrected chi connectivity index (χ2v) is 6.57. The van der Waals surface area contributed by atoms with Crippen molar-refractivity contribution in [1.29, 1.82) is 0 Å². The van der Waals surface area contributed by atoms with Gasteiger partial charge in [0.1, 0.15) is 0 Å². The van der Waals surface area contributed by atoms with Crippen LogP contribution in [0.2, 0.25) is 0 Å². The van der Waals surface area contributed by atoms with E-state index >= 15 is 0 Å². The lowest BCUT2D eigenvalue weighted by molar-refractivity contribution is -0.122. The largest absolute Gasteiger partial charge is 0.388 e. The van der Waals surface area contributed by atoms with Gasteiger partial charge in [-0.3, -0.25) is 4.79 Å². The van der Waals surface area contributed by atoms with Crippen molar-refractivity contribution < 1.29 is 9.90 Å². The van der Waals surface area contributed by atoms with Gasteiger partial charge in [0.25, 0.3) is 0 Å². The van der Waals surface area contributed by atoms with E-state index in [1.807, 2.05) is 50.4 Å². The molecule has 0 aliphatic carbocycles. The summed E-state index contributed by atoms with van der Waals surface area (Å²) < 4.78 is 1.81. The van der Waals surface area contributed by atoms with Gasteiger partial charge in [0.15, 0.2) is 0 Å². The molecule has 130 valence electrons. The molecule has 0 spiro atoms. The molecule has 0 saturated carbocycles. The van der Waals surface area contributed by atoms with Crippen molar-refractivity contribution in [2.75, 3.05) is 6.54 Å². The Labute approximate surface area is 143 Å². The first-order valence-corrected chi connectivity index (χ1v) is 8.50. The molecule has 2 atom stereocenters. The van der Waals surface area contributed by atoms with E-state index in [0.29, 0.717) is 12.8 Å². The zero-order chi connectivity index (χ0) is 17.6. The third kappa shape index (κ3) is 4.93. The standard InChI is InChI=1S/C19H27N3O2/c1-4-15(2)19(3,24)14-20-18(23)11-10-16-12-21-22(13-16)17-8-6-5-7-9-17/h5-9,12-13,15,24H,4,10-11,14H2,1-3H3,(H,20,23). The summed E-state index contributed by atoms with van der Waals surface area (Å²) in [5, 5.41) is 17.5. The molecule has 2 rings (SSSR count). The zero-order valence-corrected chi connectivity index (χ0v) is 14.7. The molecule has 0 aliphatic rings. The molecule has 0 bridgehead atoms. The summed E-state index contributed by atoms with van der Waals surface area (Å²) in [5.74, 6) is 0.0907. The van der Waals surface area contributed by atoms with Crippen LogP contribution in [0.15, 0.2) is 42.7 Å². The van der Waals surface area contributed by atoms with Gasteiger partial charge in [0, 0.05) is 19.2 Å². The molecule has 2 N–H and O–H groups in total. The minimum Gasteiger partial charge on any atom is -0.388 e. The van der Waals surface area contributed by atoms with Crippen molar-refractivity contribution in [3.63, 3.8) is 0 Å². The van der Waals surface area contributed by atoms with E-state index < -0.39 is 5.60 Å². The van der Waals surface area contributed by atoms with E-state index in [1.54, 1.807) is 17.8 Å². The van der Waals surface area contributed by atoms with Crippen LogP contribution < -0.4 is 5.32 Å². The maximum atomic E-state index is 12.0. The van der Waals surface area contributed by atoms with E-state index in [4.69, 9.17) is 0 Å². The van der Waals surface area contributed by atoms with Crippen molar-refractivity contribution >= 4 is 5.91 Å². The molecule has 0 fully saturated rings. The Morgan fingerprint density at radius 1 is 1.38 bits per heavy atom. The molecule has 1 aromatic heterocycles. The number of hydrogen-bond acceptors (Lipinski definition) is 3. The Morgan fingerprint density at radius 2 is 2.08 bits per heavy atom. The van der Waals surface area contributed by atoms with Crippen LogP contribution in [0.4, 0.5) is 0 Å². The first-order chi connectivity index (χ1) is 11.4. The fraction of sp³-hybridized carbons (Fsp3) is 0.474. The van der Waals surface area contributed by atoms with Crippen molar-refractivity contribution in [3.8, 4) is 5.69 Å². The number of carbonyl (C=O) groups excluding carboxylic acids is 1. The fourth-order valence-corrected chi connectivity index (χ4v) is 2.45. The van der Waals surface area contributed by atoms with Gasteiger partial charge in [-0.25, -0.2) is 4.68 Å². The first-order valence-electron chi connectivity index (χ1n) is 8.50. The lowest BCUT2D eigenvalue weighted by Gasteiger charge is -2.29. The summed E-state index contributed by atoms with van der Waals surface area (Å²) in [4.78, 5) is 12.0. The highest BCUT2D eigenvalue weighted by atomic mass is 16.3. The van der Waals surface area contributed by atoms with E-state index in [0.717, 1.165) is 17.7 Å². The molecule has 2 unspecified atom stereocenters. The van der Waals surface area contributed by atoms with Gasteiger partial charge in [-0.05, 0) is 37.0 Å². The van der Waals surface area contributed by atoms with Crippen LogP contribution in [0.5, 0.6) is 0 Å². The zero-order valence-electron chi connectivity index (χ0n) is 14.7. The second kappa shape index (κ2) is 8.11. The van der Waals surface area contributed by atoms with Crippen LogP contribution in [0, 0.1) is 5.92 Å². The van der Waals surface area contributed by atoms with E-state index in [2.05, 4.69) is 10.4 Å². The Morgan fingerprint density at radius 3 is 2.75 bits per heavy atom. The molecule has 24 heavy (non-hydrogen) atoms. The maximum absolute atomic E-state index is 12.0. The number of para-hydroxylation sites is 1. The van der Waals surface area contributed by atoms with E-state index in [1.165, 1.54) is 0 Å². The Bertz CT molecular complexity index is 650. The lowest BCUT2D eigenvalue weighted by atomic mass is 9.88. The van der Waals surface area contributed by atoms with E-state index in [9.17, 15) is 9.90 Å². The van der Waals surface area contributed by atoms with Crippen LogP contribution in [0.1, 0.15) is 39.2 Å². The summed E-state index contributed by atoms with van der Waals surface area (Å²) in [6.45, 7) is 6.07. The number of aliphatic hydroxyl groups is 1. The quantitative estimate of drug-likeness (QED) is 0.782. The molecule has 0 saturated heterocycles. The third-order valence-corrected chi connectivity index (χ3v) is 4.62. The molecule has 1 heterocycles. The summed E-state index contributed by atoms with van der Waals surface area (Å²) in [5.41, 5.74) is 1.14. The molecule has 5 nitrogen and oxygen atoms in total. The van der Waals surface area contributed by atoms with Crippen molar-refractivity contribution in [2.45, 2.75) is 45.6 Å². The minimum absolute atomic E-state index is 0.0500. The topological polar surface area (TPSA) is 67.2 Å². The molecular formula is C19H27N3O2. The highest BCUT2D eigenvalue weighted by Gasteiger charge is 2.27. The highest BCUT2D eigenvalue weighted by molar-refractivity contribution is 5.76. The molecular weight excluding hydrogens is 302 g/mol. The summed E-state index contributed by atoms with van der Waals surface area (Å²) in [7, 11) is 0. The number of nitrogens with zero attached hydrogens (tertiary/aromatic N) is 2. The molecule has 2 aromatic rings. The highest BCUT2D eigenvalue weighted by Crippen LogP contribution is 2.18. The van der Waals surface area contributed by atoms with Gasteiger partial charge in [0.2, 0.25) is 5.91 Å². The number of benzene rings is 1. The lowest BCUT2D eigenvalue weighted by Crippen LogP contribution is -2.45. The number of nitrogens with one attached hydrogen (secondary N) is 1. The average molecular weight is 329 g/mol. The predicted molar refractivity (Wildman–Crippen MR) is 95.0 cm³/mol. The number of amides is 1. The van der Waals surface area contributed by atoms with Crippen molar-refractivity contribution in [3.05, 3.63) is 48.3 Å².